The van der Waals surface area contributed by atoms with E-state index in [0.29, 0.717) is 28.8 Å². The van der Waals surface area contributed by atoms with Gasteiger partial charge in [0.1, 0.15) is 11.3 Å². The number of hydrogen-bond donors (Lipinski definition) is 1. The van der Waals surface area contributed by atoms with Gasteiger partial charge in [0.15, 0.2) is 0 Å². The smallest absolute Gasteiger partial charge is 0.417 e. The zero-order valence-corrected chi connectivity index (χ0v) is 11.7. The predicted molar refractivity (Wildman–Crippen MR) is 78.8 cm³/mol. The van der Waals surface area contributed by atoms with Crippen LogP contribution in [0.5, 0.6) is 5.75 Å². The van der Waals surface area contributed by atoms with Crippen molar-refractivity contribution in [3.8, 4) is 5.75 Å². The number of fused-ring (bicyclic) bond motifs is 1. The van der Waals surface area contributed by atoms with E-state index >= 15 is 0 Å². The fourth-order valence-corrected chi connectivity index (χ4v) is 2.47. The van der Waals surface area contributed by atoms with E-state index in [1.807, 2.05) is 0 Å². The van der Waals surface area contributed by atoms with Crippen LogP contribution in [0.4, 0.5) is 18.9 Å². The molecule has 22 heavy (non-hydrogen) atoms. The Labute approximate surface area is 125 Å². The van der Waals surface area contributed by atoms with Crippen LogP contribution in [0.15, 0.2) is 48.2 Å². The topological polar surface area (TPSA) is 36.4 Å². The van der Waals surface area contributed by atoms with Gasteiger partial charge in [0, 0.05) is 23.8 Å². The Morgan fingerprint density at radius 2 is 2.05 bits per heavy atom. The van der Waals surface area contributed by atoms with Crippen molar-refractivity contribution in [2.24, 2.45) is 0 Å². The van der Waals surface area contributed by atoms with E-state index in [9.17, 15) is 18.3 Å². The van der Waals surface area contributed by atoms with Crippen molar-refractivity contribution in [2.75, 3.05) is 11.4 Å². The lowest BCUT2D eigenvalue weighted by atomic mass is 10.1. The van der Waals surface area contributed by atoms with E-state index in [-0.39, 0.29) is 5.75 Å². The second kappa shape index (κ2) is 5.05. The summed E-state index contributed by atoms with van der Waals surface area (Å²) in [5.74, 6) is 0.00928. The molecule has 114 valence electrons. The third-order valence-electron chi connectivity index (χ3n) is 3.46. The standard InChI is InChI=1S/C16H13F3N2O/c1-10-8-13(12-5-2-6-14(22)15(12)20-10)21-7-3-4-11(9-21)16(17,18)19/h2-6,8-9,22H,7H2,1H3. The van der Waals surface area contributed by atoms with Gasteiger partial charge in [-0.1, -0.05) is 24.3 Å². The lowest BCUT2D eigenvalue weighted by Crippen LogP contribution is -2.24. The molecule has 2 heterocycles. The van der Waals surface area contributed by atoms with Crippen LogP contribution in [0, 0.1) is 6.92 Å². The minimum Gasteiger partial charge on any atom is -0.506 e. The van der Waals surface area contributed by atoms with Gasteiger partial charge in [-0.15, -0.1) is 0 Å². The van der Waals surface area contributed by atoms with Crippen molar-refractivity contribution in [1.29, 1.82) is 0 Å². The summed E-state index contributed by atoms with van der Waals surface area (Å²) in [7, 11) is 0. The first-order chi connectivity index (χ1) is 10.4. The average Bonchev–Trinajstić information content (AvgIpc) is 2.47. The molecule has 3 nitrogen and oxygen atoms in total. The van der Waals surface area contributed by atoms with E-state index < -0.39 is 11.7 Å². The highest BCUT2D eigenvalue weighted by Gasteiger charge is 2.33. The number of aryl methyl sites for hydroxylation is 1. The molecule has 1 aromatic carbocycles. The number of pyridine rings is 1. The van der Waals surface area contributed by atoms with Gasteiger partial charge in [-0.05, 0) is 19.1 Å². The average molecular weight is 306 g/mol. The molecule has 1 N–H and O–H groups in total. The van der Waals surface area contributed by atoms with Gasteiger partial charge in [0.2, 0.25) is 0 Å². The van der Waals surface area contributed by atoms with Crippen LogP contribution in [-0.4, -0.2) is 22.8 Å². The Kier molecular flexibility index (Phi) is 3.31. The van der Waals surface area contributed by atoms with Crippen molar-refractivity contribution in [3.05, 3.63) is 53.9 Å². The monoisotopic (exact) mass is 306 g/mol. The van der Waals surface area contributed by atoms with Crippen LogP contribution in [0.25, 0.3) is 10.9 Å². The zero-order valence-electron chi connectivity index (χ0n) is 11.7. The number of para-hydroxylation sites is 1. The third kappa shape index (κ3) is 2.52. The molecule has 2 aromatic rings. The highest BCUT2D eigenvalue weighted by molar-refractivity contribution is 5.95. The molecule has 0 aliphatic carbocycles. The van der Waals surface area contributed by atoms with Crippen LogP contribution < -0.4 is 4.90 Å². The van der Waals surface area contributed by atoms with Gasteiger partial charge in [0.05, 0.1) is 11.3 Å². The van der Waals surface area contributed by atoms with E-state index in [1.165, 1.54) is 17.0 Å². The molecule has 0 saturated heterocycles. The number of anilines is 1. The molecular weight excluding hydrogens is 293 g/mol. The number of benzene rings is 1. The molecule has 0 atom stereocenters. The molecule has 0 fully saturated rings. The van der Waals surface area contributed by atoms with E-state index in [0.717, 1.165) is 12.3 Å². The molecule has 0 saturated carbocycles. The van der Waals surface area contributed by atoms with Crippen molar-refractivity contribution in [1.82, 2.24) is 4.98 Å². The molecule has 1 aliphatic heterocycles. The Morgan fingerprint density at radius 1 is 1.27 bits per heavy atom. The summed E-state index contributed by atoms with van der Waals surface area (Å²) in [6.45, 7) is 2.07. The van der Waals surface area contributed by atoms with Gasteiger partial charge < -0.3 is 10.0 Å². The van der Waals surface area contributed by atoms with Gasteiger partial charge in [0.25, 0.3) is 0 Å². The Balaban J connectivity index is 2.17. The molecule has 1 aliphatic rings. The molecule has 0 unspecified atom stereocenters. The number of aromatic hydroxyl groups is 1. The summed E-state index contributed by atoms with van der Waals surface area (Å²) in [5.41, 5.74) is 0.889. The quantitative estimate of drug-likeness (QED) is 0.862. The molecule has 3 rings (SSSR count). The lowest BCUT2D eigenvalue weighted by molar-refractivity contribution is -0.0885. The van der Waals surface area contributed by atoms with Crippen molar-refractivity contribution in [2.45, 2.75) is 13.1 Å². The fraction of sp³-hybridized carbons (Fsp3) is 0.188. The summed E-state index contributed by atoms with van der Waals surface area (Å²) in [6, 6.07) is 6.60. The molecular formula is C16H13F3N2O. The van der Waals surface area contributed by atoms with E-state index in [2.05, 4.69) is 4.98 Å². The Bertz CT molecular complexity index is 794. The number of alkyl halides is 3. The highest BCUT2D eigenvalue weighted by Crippen LogP contribution is 2.35. The predicted octanol–water partition coefficient (Wildman–Crippen LogP) is 4.07. The summed E-state index contributed by atoms with van der Waals surface area (Å²) in [6.07, 6.45) is -0.773. The summed E-state index contributed by atoms with van der Waals surface area (Å²) >= 11 is 0. The van der Waals surface area contributed by atoms with Crippen LogP contribution in [0.1, 0.15) is 5.69 Å². The first-order valence-corrected chi connectivity index (χ1v) is 6.68. The molecule has 0 radical (unpaired) electrons. The normalized spacial score (nSPS) is 15.3. The number of rotatable bonds is 1. The first-order valence-electron chi connectivity index (χ1n) is 6.68. The van der Waals surface area contributed by atoms with Crippen molar-refractivity contribution < 1.29 is 18.3 Å². The van der Waals surface area contributed by atoms with E-state index in [1.54, 1.807) is 25.1 Å². The third-order valence-corrected chi connectivity index (χ3v) is 3.46. The molecule has 1 aromatic heterocycles. The molecule has 0 bridgehead atoms. The fourth-order valence-electron chi connectivity index (χ4n) is 2.47. The van der Waals surface area contributed by atoms with Crippen LogP contribution in [0.2, 0.25) is 0 Å². The van der Waals surface area contributed by atoms with Crippen LogP contribution in [0.3, 0.4) is 0 Å². The number of halogens is 3. The van der Waals surface area contributed by atoms with Gasteiger partial charge >= 0.3 is 6.18 Å². The Hall–Kier alpha value is -2.50. The Morgan fingerprint density at radius 3 is 2.77 bits per heavy atom. The number of phenols is 1. The van der Waals surface area contributed by atoms with Gasteiger partial charge in [-0.25, -0.2) is 4.98 Å². The largest absolute Gasteiger partial charge is 0.506 e. The van der Waals surface area contributed by atoms with Gasteiger partial charge in [-0.3, -0.25) is 0 Å². The minimum atomic E-state index is -4.39. The second-order valence-corrected chi connectivity index (χ2v) is 5.09. The van der Waals surface area contributed by atoms with Crippen LogP contribution >= 0.6 is 0 Å². The summed E-state index contributed by atoms with van der Waals surface area (Å²) in [4.78, 5) is 5.77. The second-order valence-electron chi connectivity index (χ2n) is 5.09. The van der Waals surface area contributed by atoms with Crippen molar-refractivity contribution in [3.63, 3.8) is 0 Å². The number of aromatic nitrogens is 1. The van der Waals surface area contributed by atoms with E-state index in [4.69, 9.17) is 0 Å². The summed E-state index contributed by atoms with van der Waals surface area (Å²) < 4.78 is 38.7. The first kappa shape index (κ1) is 14.4. The lowest BCUT2D eigenvalue weighted by Gasteiger charge is -2.25. The van der Waals surface area contributed by atoms with Gasteiger partial charge in [-0.2, -0.15) is 13.2 Å². The maximum absolute atomic E-state index is 12.9. The number of nitrogens with zero attached hydrogens (tertiary/aromatic N) is 2. The highest BCUT2D eigenvalue weighted by atomic mass is 19.4. The number of allylic oxidation sites excluding steroid dienone is 2. The van der Waals surface area contributed by atoms with Crippen LogP contribution in [-0.2, 0) is 0 Å². The SMILES string of the molecule is Cc1cc(N2C=C(C(F)(F)F)C=CC2)c2cccc(O)c2n1. The molecule has 0 spiro atoms. The maximum atomic E-state index is 12.9. The molecule has 6 heteroatoms. The number of hydrogen-bond acceptors (Lipinski definition) is 3. The van der Waals surface area contributed by atoms with Crippen molar-refractivity contribution >= 4 is 16.6 Å². The zero-order chi connectivity index (χ0) is 15.9. The molecule has 0 amide bonds. The minimum absolute atomic E-state index is 0.00928. The number of phenolic OH excluding ortho intramolecular Hbond substituents is 1. The summed E-state index contributed by atoms with van der Waals surface area (Å²) in [5, 5.41) is 10.5. The maximum Gasteiger partial charge on any atom is 0.417 e.